The van der Waals surface area contributed by atoms with Gasteiger partial charge in [-0.1, -0.05) is 0 Å². The molecule has 2 aliphatic rings. The molecule has 0 saturated carbocycles. The first kappa shape index (κ1) is 33.7. The Morgan fingerprint density at radius 3 is 1.88 bits per heavy atom. The summed E-state index contributed by atoms with van der Waals surface area (Å²) in [5.74, 6) is -3.23. The number of aromatic nitrogens is 2. The Morgan fingerprint density at radius 2 is 1.41 bits per heavy atom. The van der Waals surface area contributed by atoms with Crippen LogP contribution in [0.4, 0.5) is 26.3 Å². The fraction of sp³-hybridized carbons (Fsp3) is 0.560. The van der Waals surface area contributed by atoms with Crippen molar-refractivity contribution in [1.82, 2.24) is 19.6 Å². The minimum atomic E-state index is -5.08. The highest BCUT2D eigenvalue weighted by Crippen LogP contribution is 2.26. The molecule has 0 aliphatic carbocycles. The van der Waals surface area contributed by atoms with Crippen molar-refractivity contribution in [1.29, 1.82) is 0 Å². The van der Waals surface area contributed by atoms with Crippen LogP contribution in [0, 0.1) is 5.92 Å². The largest absolute Gasteiger partial charge is 0.497 e. The van der Waals surface area contributed by atoms with Gasteiger partial charge in [-0.25, -0.2) is 9.59 Å². The van der Waals surface area contributed by atoms with Crippen LogP contribution in [0.5, 0.6) is 11.5 Å². The minimum absolute atomic E-state index is 0.594. The third-order valence-corrected chi connectivity index (χ3v) is 6.16. The number of halogens is 6. The molecule has 2 aromatic rings. The number of benzene rings is 1. The van der Waals surface area contributed by atoms with Crippen LogP contribution >= 0.6 is 0 Å². The zero-order chi connectivity index (χ0) is 30.8. The standard InChI is InChI=1S/C21H30N4O2.2C2HF3O2/c1-26-20-9-17(10-21(11-20)27-2)12-24-14-18(13-23-7-3-4-8-23)15-25-19(16-24)5-6-22-25;2*3-2(4,5)1(6)7/h5-6,9-11,18H,3-4,7-8,12-16H2,1-2H3;2*(H,6,7). The molecule has 16 heteroatoms. The second-order valence-corrected chi connectivity index (χ2v) is 9.37. The summed E-state index contributed by atoms with van der Waals surface area (Å²) in [6.45, 7) is 7.56. The van der Waals surface area contributed by atoms with Crippen LogP contribution in [0.15, 0.2) is 30.5 Å². The summed E-state index contributed by atoms with van der Waals surface area (Å²) in [5.41, 5.74) is 2.52. The molecule has 4 rings (SSSR count). The second-order valence-electron chi connectivity index (χ2n) is 9.37. The lowest BCUT2D eigenvalue weighted by atomic mass is 10.1. The Hall–Kier alpha value is -3.53. The Morgan fingerprint density at radius 1 is 0.902 bits per heavy atom. The zero-order valence-corrected chi connectivity index (χ0v) is 22.4. The Bertz CT molecular complexity index is 1090. The lowest BCUT2D eigenvalue weighted by molar-refractivity contribution is -0.193. The third-order valence-electron chi connectivity index (χ3n) is 6.16. The highest BCUT2D eigenvalue weighted by atomic mass is 19.4. The number of ether oxygens (including phenoxy) is 2. The van der Waals surface area contributed by atoms with E-state index in [0.29, 0.717) is 5.92 Å². The molecule has 0 amide bonds. The van der Waals surface area contributed by atoms with Crippen LogP contribution in [0.25, 0.3) is 0 Å². The first-order valence-corrected chi connectivity index (χ1v) is 12.4. The van der Waals surface area contributed by atoms with Crippen molar-refractivity contribution in [3.8, 4) is 11.5 Å². The number of aliphatic carboxylic acids is 2. The van der Waals surface area contributed by atoms with Crippen molar-refractivity contribution in [2.24, 2.45) is 5.92 Å². The number of fused-ring (bicyclic) bond motifs is 1. The Labute approximate surface area is 232 Å². The molecule has 3 heterocycles. The lowest BCUT2D eigenvalue weighted by Gasteiger charge is -2.27. The van der Waals surface area contributed by atoms with E-state index < -0.39 is 24.3 Å². The normalized spacial score (nSPS) is 17.7. The quantitative estimate of drug-likeness (QED) is 0.478. The van der Waals surface area contributed by atoms with E-state index in [0.717, 1.165) is 44.2 Å². The van der Waals surface area contributed by atoms with Gasteiger partial charge in [0.1, 0.15) is 11.5 Å². The molecule has 1 aromatic heterocycles. The van der Waals surface area contributed by atoms with E-state index in [1.54, 1.807) is 14.2 Å². The molecule has 230 valence electrons. The van der Waals surface area contributed by atoms with Gasteiger partial charge >= 0.3 is 24.3 Å². The van der Waals surface area contributed by atoms with E-state index >= 15 is 0 Å². The molecule has 2 aliphatic heterocycles. The number of hydrogen-bond acceptors (Lipinski definition) is 7. The number of methoxy groups -OCH3 is 2. The summed E-state index contributed by atoms with van der Waals surface area (Å²) in [5, 5.41) is 18.8. The van der Waals surface area contributed by atoms with E-state index in [-0.39, 0.29) is 0 Å². The van der Waals surface area contributed by atoms with E-state index in [2.05, 4.69) is 37.8 Å². The predicted molar refractivity (Wildman–Crippen MR) is 132 cm³/mol. The first-order valence-electron chi connectivity index (χ1n) is 12.4. The van der Waals surface area contributed by atoms with Crippen molar-refractivity contribution >= 4 is 11.9 Å². The van der Waals surface area contributed by atoms with E-state index in [1.807, 2.05) is 12.3 Å². The molecule has 41 heavy (non-hydrogen) atoms. The number of alkyl halides is 6. The van der Waals surface area contributed by atoms with Crippen LogP contribution in [-0.4, -0.2) is 94.5 Å². The van der Waals surface area contributed by atoms with Gasteiger partial charge in [-0.15, -0.1) is 0 Å². The maximum Gasteiger partial charge on any atom is 0.490 e. The molecule has 1 fully saturated rings. The number of carboxylic acid groups (broad SMARTS) is 2. The number of likely N-dealkylation sites (tertiary alicyclic amines) is 1. The smallest absolute Gasteiger partial charge is 0.490 e. The van der Waals surface area contributed by atoms with Crippen molar-refractivity contribution in [3.05, 3.63) is 41.7 Å². The average molecular weight is 599 g/mol. The molecule has 1 unspecified atom stereocenters. The van der Waals surface area contributed by atoms with Gasteiger partial charge < -0.3 is 24.6 Å². The van der Waals surface area contributed by atoms with Gasteiger partial charge in [-0.2, -0.15) is 31.4 Å². The predicted octanol–water partition coefficient (Wildman–Crippen LogP) is 3.89. The highest BCUT2D eigenvalue weighted by Gasteiger charge is 2.38. The van der Waals surface area contributed by atoms with Gasteiger partial charge in [0.15, 0.2) is 0 Å². The number of nitrogens with zero attached hydrogens (tertiary/aromatic N) is 4. The molecule has 0 bridgehead atoms. The third kappa shape index (κ3) is 11.5. The molecule has 0 radical (unpaired) electrons. The van der Waals surface area contributed by atoms with Gasteiger partial charge in [0, 0.05) is 50.9 Å². The Kier molecular flexibility index (Phi) is 12.2. The monoisotopic (exact) mass is 598 g/mol. The van der Waals surface area contributed by atoms with Gasteiger partial charge in [-0.05, 0) is 49.7 Å². The summed E-state index contributed by atoms with van der Waals surface area (Å²) >= 11 is 0. The summed E-state index contributed by atoms with van der Waals surface area (Å²) in [6, 6.07) is 8.30. The Balaban J connectivity index is 0.000000349. The van der Waals surface area contributed by atoms with Crippen molar-refractivity contribution < 1.29 is 55.6 Å². The van der Waals surface area contributed by atoms with Crippen LogP contribution in [0.3, 0.4) is 0 Å². The maximum atomic E-state index is 10.6. The van der Waals surface area contributed by atoms with Crippen molar-refractivity contribution in [2.45, 2.75) is 44.8 Å². The topological polar surface area (TPSA) is 117 Å². The van der Waals surface area contributed by atoms with Gasteiger partial charge in [-0.3, -0.25) is 9.58 Å². The summed E-state index contributed by atoms with van der Waals surface area (Å²) < 4.78 is 76.6. The van der Waals surface area contributed by atoms with Gasteiger partial charge in [0.05, 0.1) is 19.9 Å². The van der Waals surface area contributed by atoms with Crippen molar-refractivity contribution in [3.63, 3.8) is 0 Å². The lowest BCUT2D eigenvalue weighted by Crippen LogP contribution is -2.35. The van der Waals surface area contributed by atoms with E-state index in [1.165, 1.54) is 37.2 Å². The van der Waals surface area contributed by atoms with E-state index in [4.69, 9.17) is 29.3 Å². The first-order chi connectivity index (χ1) is 19.1. The fourth-order valence-electron chi connectivity index (χ4n) is 4.40. The molecule has 1 atom stereocenters. The SMILES string of the molecule is COc1cc(CN2Cc3ccnn3CC(CN3CCCC3)C2)cc(OC)c1.O=C(O)C(F)(F)F.O=C(O)C(F)(F)F. The van der Waals surface area contributed by atoms with E-state index in [9.17, 15) is 26.3 Å². The average Bonchev–Trinajstić information content (AvgIpc) is 3.52. The molecule has 0 spiro atoms. The zero-order valence-electron chi connectivity index (χ0n) is 22.4. The van der Waals surface area contributed by atoms with Gasteiger partial charge in [0.25, 0.3) is 0 Å². The minimum Gasteiger partial charge on any atom is -0.497 e. The summed E-state index contributed by atoms with van der Waals surface area (Å²) in [7, 11) is 3.41. The molecular weight excluding hydrogens is 566 g/mol. The number of rotatable bonds is 6. The maximum absolute atomic E-state index is 10.6. The van der Waals surface area contributed by atoms with Crippen LogP contribution in [0.2, 0.25) is 0 Å². The summed E-state index contributed by atoms with van der Waals surface area (Å²) in [6.07, 6.45) is -5.56. The number of carboxylic acids is 2. The molecular formula is C25H32F6N4O6. The number of hydrogen-bond donors (Lipinski definition) is 2. The second kappa shape index (κ2) is 14.9. The molecule has 1 saturated heterocycles. The van der Waals surface area contributed by atoms with Crippen LogP contribution in [0.1, 0.15) is 24.1 Å². The number of carbonyl (C=O) groups is 2. The molecule has 10 nitrogen and oxygen atoms in total. The molecule has 1 aromatic carbocycles. The molecule has 2 N–H and O–H groups in total. The highest BCUT2D eigenvalue weighted by molar-refractivity contribution is 5.73. The summed E-state index contributed by atoms with van der Waals surface area (Å²) in [4.78, 5) is 22.9. The van der Waals surface area contributed by atoms with Gasteiger partial charge in [0.2, 0.25) is 0 Å². The fourth-order valence-corrected chi connectivity index (χ4v) is 4.40. The van der Waals surface area contributed by atoms with Crippen molar-refractivity contribution in [2.75, 3.05) is 40.4 Å². The van der Waals surface area contributed by atoms with Crippen LogP contribution < -0.4 is 9.47 Å². The van der Waals surface area contributed by atoms with Crippen LogP contribution in [-0.2, 0) is 29.2 Å².